The van der Waals surface area contributed by atoms with E-state index < -0.39 is 29.2 Å². The van der Waals surface area contributed by atoms with E-state index in [4.69, 9.17) is 0 Å². The fourth-order valence-corrected chi connectivity index (χ4v) is 3.09. The lowest BCUT2D eigenvalue weighted by molar-refractivity contribution is -0.137. The van der Waals surface area contributed by atoms with Crippen LogP contribution in [0.2, 0.25) is 0 Å². The highest BCUT2D eigenvalue weighted by Crippen LogP contribution is 2.33. The van der Waals surface area contributed by atoms with E-state index in [0.717, 1.165) is 36.4 Å². The van der Waals surface area contributed by atoms with Crippen LogP contribution in [0, 0.1) is 0 Å². The lowest BCUT2D eigenvalue weighted by Gasteiger charge is -2.29. The Morgan fingerprint density at radius 3 is 2.29 bits per heavy atom. The van der Waals surface area contributed by atoms with Gasteiger partial charge in [-0.2, -0.15) is 18.3 Å². The molecule has 0 bridgehead atoms. The fraction of sp³-hybridized carbons (Fsp3) is 0.438. The number of nitrogens with one attached hydrogen (secondary N) is 1. The molecule has 1 N–H and O–H groups in total. The molecule has 0 unspecified atom stereocenters. The van der Waals surface area contributed by atoms with Crippen LogP contribution in [0.3, 0.4) is 0 Å². The number of rotatable bonds is 2. The molecule has 1 saturated carbocycles. The molecule has 3 amide bonds. The number of hydrogen-bond acceptors (Lipinski definition) is 3. The van der Waals surface area contributed by atoms with Gasteiger partial charge >= 0.3 is 12.2 Å². The van der Waals surface area contributed by atoms with Gasteiger partial charge in [-0.05, 0) is 30.5 Å². The van der Waals surface area contributed by atoms with Crippen LogP contribution in [0.15, 0.2) is 29.4 Å². The van der Waals surface area contributed by atoms with E-state index in [1.165, 1.54) is 18.3 Å². The second-order valence-corrected chi connectivity index (χ2v) is 6.05. The van der Waals surface area contributed by atoms with E-state index >= 15 is 0 Å². The summed E-state index contributed by atoms with van der Waals surface area (Å²) < 4.78 is 37.5. The number of halogens is 3. The Balaban J connectivity index is 1.74. The molecule has 8 heteroatoms. The number of imide groups is 1. The second-order valence-electron chi connectivity index (χ2n) is 6.05. The van der Waals surface area contributed by atoms with Gasteiger partial charge in [0, 0.05) is 0 Å². The molecule has 0 aromatic heterocycles. The summed E-state index contributed by atoms with van der Waals surface area (Å²) in [5.41, 5.74) is -1.27. The highest BCUT2D eigenvalue weighted by atomic mass is 19.4. The van der Waals surface area contributed by atoms with Crippen molar-refractivity contribution in [3.05, 3.63) is 35.4 Å². The summed E-state index contributed by atoms with van der Waals surface area (Å²) in [5.74, 6) is -0.393. The average Bonchev–Trinajstić information content (AvgIpc) is 2.76. The summed E-state index contributed by atoms with van der Waals surface area (Å²) >= 11 is 0. The summed E-state index contributed by atoms with van der Waals surface area (Å²) in [6, 6.07) is 3.73. The van der Waals surface area contributed by atoms with E-state index in [1.807, 2.05) is 0 Å². The Morgan fingerprint density at radius 1 is 1.08 bits per heavy atom. The maximum atomic E-state index is 12.5. The predicted octanol–water partition coefficient (Wildman–Crippen LogP) is 3.29. The van der Waals surface area contributed by atoms with Crippen molar-refractivity contribution in [2.24, 2.45) is 5.10 Å². The molecule has 2 aliphatic rings. The van der Waals surface area contributed by atoms with E-state index in [-0.39, 0.29) is 0 Å². The minimum absolute atomic E-state index is 0.369. The van der Waals surface area contributed by atoms with Crippen molar-refractivity contribution in [2.45, 2.75) is 43.8 Å². The van der Waals surface area contributed by atoms with Crippen molar-refractivity contribution in [1.29, 1.82) is 0 Å². The summed E-state index contributed by atoms with van der Waals surface area (Å²) in [5, 5.41) is 7.34. The van der Waals surface area contributed by atoms with Gasteiger partial charge in [0.15, 0.2) is 0 Å². The van der Waals surface area contributed by atoms with Crippen LogP contribution >= 0.6 is 0 Å². The number of carbonyl (C=O) groups excluding carboxylic acids is 2. The molecule has 1 spiro atoms. The Morgan fingerprint density at radius 2 is 1.71 bits per heavy atom. The van der Waals surface area contributed by atoms with Gasteiger partial charge in [0.2, 0.25) is 0 Å². The molecule has 1 aromatic rings. The van der Waals surface area contributed by atoms with Crippen LogP contribution < -0.4 is 5.32 Å². The molecule has 3 rings (SSSR count). The molecule has 1 saturated heterocycles. The minimum Gasteiger partial charge on any atom is -0.321 e. The first-order valence-corrected chi connectivity index (χ1v) is 7.70. The van der Waals surface area contributed by atoms with Crippen LogP contribution in [-0.4, -0.2) is 28.7 Å². The first-order valence-electron chi connectivity index (χ1n) is 7.70. The van der Waals surface area contributed by atoms with Gasteiger partial charge in [0.05, 0.1) is 11.8 Å². The van der Waals surface area contributed by atoms with Crippen LogP contribution in [0.5, 0.6) is 0 Å². The van der Waals surface area contributed by atoms with Crippen LogP contribution in [0.1, 0.15) is 43.2 Å². The van der Waals surface area contributed by atoms with Gasteiger partial charge < -0.3 is 5.32 Å². The zero-order valence-corrected chi connectivity index (χ0v) is 12.8. The van der Waals surface area contributed by atoms with E-state index in [0.29, 0.717) is 18.4 Å². The zero-order chi connectivity index (χ0) is 17.4. The monoisotopic (exact) mass is 339 g/mol. The molecule has 1 heterocycles. The molecule has 128 valence electrons. The average molecular weight is 339 g/mol. The van der Waals surface area contributed by atoms with Crippen LogP contribution in [-0.2, 0) is 11.0 Å². The van der Waals surface area contributed by atoms with Crippen LogP contribution in [0.25, 0.3) is 0 Å². The van der Waals surface area contributed by atoms with Gasteiger partial charge in [-0.15, -0.1) is 5.01 Å². The number of nitrogens with zero attached hydrogens (tertiary/aromatic N) is 2. The molecule has 24 heavy (non-hydrogen) atoms. The standard InChI is InChI=1S/C16H16F3N3O2/c17-16(18,19)12-6-4-11(5-7-12)10-20-22-13(23)15(21-14(22)24)8-2-1-3-9-15/h4-7,10H,1-3,8-9H2,(H,21,24)/b20-10-. The molecule has 2 fully saturated rings. The number of carbonyl (C=O) groups is 2. The molecule has 0 radical (unpaired) electrons. The topological polar surface area (TPSA) is 61.8 Å². The number of benzene rings is 1. The predicted molar refractivity (Wildman–Crippen MR) is 80.2 cm³/mol. The summed E-state index contributed by atoms with van der Waals surface area (Å²) in [6.07, 6.45) is 0.728. The number of alkyl halides is 3. The van der Waals surface area contributed by atoms with Crippen LogP contribution in [0.4, 0.5) is 18.0 Å². The Hall–Kier alpha value is -2.38. The fourth-order valence-electron chi connectivity index (χ4n) is 3.09. The SMILES string of the molecule is O=C1NC2(CCCCC2)C(=O)N1/N=C\c1ccc(C(F)(F)F)cc1. The Bertz CT molecular complexity index is 677. The van der Waals surface area contributed by atoms with Gasteiger partial charge in [0.1, 0.15) is 5.54 Å². The first-order chi connectivity index (χ1) is 11.3. The highest BCUT2D eigenvalue weighted by Gasteiger charge is 2.51. The molecule has 1 aromatic carbocycles. The van der Waals surface area contributed by atoms with Crippen molar-refractivity contribution in [3.63, 3.8) is 0 Å². The summed E-state index contributed by atoms with van der Waals surface area (Å²) in [7, 11) is 0. The number of amides is 3. The normalized spacial score (nSPS) is 20.9. The van der Waals surface area contributed by atoms with Crippen molar-refractivity contribution < 1.29 is 22.8 Å². The molecular formula is C16H16F3N3O2. The Kier molecular flexibility index (Phi) is 4.06. The second kappa shape index (κ2) is 5.92. The van der Waals surface area contributed by atoms with E-state index in [2.05, 4.69) is 10.4 Å². The zero-order valence-electron chi connectivity index (χ0n) is 12.8. The third kappa shape index (κ3) is 3.00. The number of hydrazone groups is 1. The molecule has 5 nitrogen and oxygen atoms in total. The smallest absolute Gasteiger partial charge is 0.321 e. The first kappa shape index (κ1) is 16.5. The van der Waals surface area contributed by atoms with Gasteiger partial charge in [-0.1, -0.05) is 31.4 Å². The Labute approximate surface area is 136 Å². The number of urea groups is 1. The van der Waals surface area contributed by atoms with Gasteiger partial charge in [-0.3, -0.25) is 4.79 Å². The van der Waals surface area contributed by atoms with E-state index in [1.54, 1.807) is 0 Å². The maximum absolute atomic E-state index is 12.5. The van der Waals surface area contributed by atoms with Crippen molar-refractivity contribution >= 4 is 18.2 Å². The van der Waals surface area contributed by atoms with Crippen molar-refractivity contribution in [2.75, 3.05) is 0 Å². The minimum atomic E-state index is -4.41. The highest BCUT2D eigenvalue weighted by molar-refractivity contribution is 6.07. The lowest BCUT2D eigenvalue weighted by Crippen LogP contribution is -2.48. The number of hydrogen-bond donors (Lipinski definition) is 1. The molecular weight excluding hydrogens is 323 g/mol. The summed E-state index contributed by atoms with van der Waals surface area (Å²) in [4.78, 5) is 24.5. The molecule has 0 atom stereocenters. The lowest BCUT2D eigenvalue weighted by atomic mass is 9.82. The maximum Gasteiger partial charge on any atom is 0.416 e. The van der Waals surface area contributed by atoms with Gasteiger partial charge in [-0.25, -0.2) is 4.79 Å². The van der Waals surface area contributed by atoms with Crippen molar-refractivity contribution in [3.8, 4) is 0 Å². The van der Waals surface area contributed by atoms with E-state index in [9.17, 15) is 22.8 Å². The third-order valence-corrected chi connectivity index (χ3v) is 4.41. The van der Waals surface area contributed by atoms with Crippen molar-refractivity contribution in [1.82, 2.24) is 10.3 Å². The molecule has 1 aliphatic carbocycles. The third-order valence-electron chi connectivity index (χ3n) is 4.41. The quantitative estimate of drug-likeness (QED) is 0.664. The largest absolute Gasteiger partial charge is 0.416 e. The van der Waals surface area contributed by atoms with Gasteiger partial charge in [0.25, 0.3) is 5.91 Å². The molecule has 1 aliphatic heterocycles. The summed E-state index contributed by atoms with van der Waals surface area (Å²) in [6.45, 7) is 0.